The maximum absolute atomic E-state index is 12.5. The number of unbranched alkanes of at least 4 members (excludes halogenated alkanes) is 2. The van der Waals surface area contributed by atoms with Crippen LogP contribution in [0.1, 0.15) is 43.7 Å². The van der Waals surface area contributed by atoms with Gasteiger partial charge in [-0.05, 0) is 49.9 Å². The molecule has 12 heteroatoms. The van der Waals surface area contributed by atoms with E-state index in [4.69, 9.17) is 0 Å². The normalized spacial score (nSPS) is 17.8. The number of thioether (sulfide) groups is 2. The molecular weight excluding hydrogens is 574 g/mol. The molecule has 0 saturated heterocycles. The van der Waals surface area contributed by atoms with Gasteiger partial charge in [-0.3, -0.25) is 24.4 Å². The Morgan fingerprint density at radius 3 is 1.60 bits per heavy atom. The van der Waals surface area contributed by atoms with Crippen molar-refractivity contribution in [3.05, 3.63) is 59.7 Å². The molecule has 4 rings (SSSR count). The van der Waals surface area contributed by atoms with Gasteiger partial charge in [-0.1, -0.05) is 24.3 Å². The molecule has 2 aromatic carbocycles. The molecule has 0 bridgehead atoms. The molecule has 3 amide bonds. The molecule has 2 unspecified atom stereocenters. The van der Waals surface area contributed by atoms with Crippen molar-refractivity contribution in [2.75, 3.05) is 37.7 Å². The molecule has 224 valence electrons. The van der Waals surface area contributed by atoms with Crippen LogP contribution < -0.4 is 10.6 Å². The molecule has 0 aliphatic carbocycles. The summed E-state index contributed by atoms with van der Waals surface area (Å²) in [6.07, 6.45) is 3.01. The minimum absolute atomic E-state index is 0.00564. The molecule has 4 N–H and O–H groups in total. The van der Waals surface area contributed by atoms with E-state index in [2.05, 4.69) is 20.6 Å². The van der Waals surface area contributed by atoms with Crippen molar-refractivity contribution in [3.63, 3.8) is 0 Å². The van der Waals surface area contributed by atoms with E-state index in [1.807, 2.05) is 12.1 Å². The minimum atomic E-state index is -0.475. The Hall–Kier alpha value is -3.51. The number of amides is 3. The summed E-state index contributed by atoms with van der Waals surface area (Å²) in [5.74, 6) is 1.14. The largest absolute Gasteiger partial charge is 0.507 e. The number of aliphatic imine (C=N–C) groups is 2. The van der Waals surface area contributed by atoms with Gasteiger partial charge < -0.3 is 25.7 Å². The lowest BCUT2D eigenvalue weighted by Crippen LogP contribution is -2.36. The van der Waals surface area contributed by atoms with Crippen LogP contribution in [-0.4, -0.2) is 92.7 Å². The fourth-order valence-corrected chi connectivity index (χ4v) is 6.70. The number of nitrogens with one attached hydrogen (secondary N) is 2. The molecule has 42 heavy (non-hydrogen) atoms. The predicted molar refractivity (Wildman–Crippen MR) is 169 cm³/mol. The van der Waals surface area contributed by atoms with E-state index in [1.165, 1.54) is 23.5 Å². The zero-order valence-electron chi connectivity index (χ0n) is 23.6. The second-order valence-electron chi connectivity index (χ2n) is 10.1. The molecule has 10 nitrogen and oxygen atoms in total. The van der Waals surface area contributed by atoms with Gasteiger partial charge in [0.1, 0.15) is 33.7 Å². The van der Waals surface area contributed by atoms with E-state index in [9.17, 15) is 24.6 Å². The van der Waals surface area contributed by atoms with Crippen molar-refractivity contribution in [1.82, 2.24) is 15.5 Å². The van der Waals surface area contributed by atoms with E-state index in [-0.39, 0.29) is 29.2 Å². The Labute approximate surface area is 254 Å². The summed E-state index contributed by atoms with van der Waals surface area (Å²) in [6.45, 7) is 3.78. The first-order chi connectivity index (χ1) is 20.3. The van der Waals surface area contributed by atoms with Crippen LogP contribution in [0.15, 0.2) is 58.5 Å². The predicted octanol–water partition coefficient (Wildman–Crippen LogP) is 3.16. The summed E-state index contributed by atoms with van der Waals surface area (Å²) in [4.78, 5) is 47.9. The van der Waals surface area contributed by atoms with Gasteiger partial charge in [-0.25, -0.2) is 0 Å². The number of para-hydroxylation sites is 2. The number of nitrogens with zero attached hydrogens (tertiary/aromatic N) is 3. The monoisotopic (exact) mass is 611 g/mol. The number of phenols is 2. The van der Waals surface area contributed by atoms with Crippen molar-refractivity contribution in [3.8, 4) is 11.5 Å². The first kappa shape index (κ1) is 31.4. The van der Waals surface area contributed by atoms with Gasteiger partial charge in [-0.2, -0.15) is 0 Å². The van der Waals surface area contributed by atoms with E-state index < -0.39 is 12.1 Å². The van der Waals surface area contributed by atoms with E-state index in [1.54, 1.807) is 48.2 Å². The fourth-order valence-electron chi connectivity index (χ4n) is 4.56. The summed E-state index contributed by atoms with van der Waals surface area (Å²) >= 11 is 2.92. The smallest absolute Gasteiger partial charge is 0.245 e. The van der Waals surface area contributed by atoms with Crippen LogP contribution in [-0.2, 0) is 14.4 Å². The van der Waals surface area contributed by atoms with Crippen molar-refractivity contribution < 1.29 is 24.6 Å². The molecular formula is C30H37N5O5S2. The first-order valence-electron chi connectivity index (χ1n) is 14.1. The summed E-state index contributed by atoms with van der Waals surface area (Å²) < 4.78 is 0. The first-order valence-corrected chi connectivity index (χ1v) is 16.1. The highest BCUT2D eigenvalue weighted by Gasteiger charge is 2.27. The second-order valence-corrected chi connectivity index (χ2v) is 12.1. The van der Waals surface area contributed by atoms with Crippen LogP contribution >= 0.6 is 23.5 Å². The standard InChI is InChI=1S/C30H37N5O5S2/c1-20(36)35(16-8-6-14-31-27(39)23-18-41-29(33-23)21-10-2-4-12-25(21)37)17-9-7-15-32-28(40)24-19-42-30(34-24)22-11-3-5-13-26(22)38/h2-5,10-13,23-24,37-38H,6-9,14-19H2,1H3,(H,31,39)(H,32,40). The lowest BCUT2D eigenvalue weighted by atomic mass is 10.2. The van der Waals surface area contributed by atoms with Crippen molar-refractivity contribution in [2.24, 2.45) is 9.98 Å². The van der Waals surface area contributed by atoms with E-state index in [0.717, 1.165) is 25.7 Å². The highest BCUT2D eigenvalue weighted by molar-refractivity contribution is 8.15. The quantitative estimate of drug-likeness (QED) is 0.240. The van der Waals surface area contributed by atoms with E-state index >= 15 is 0 Å². The Morgan fingerprint density at radius 1 is 0.762 bits per heavy atom. The van der Waals surface area contributed by atoms with Crippen molar-refractivity contribution in [2.45, 2.75) is 44.7 Å². The second kappa shape index (κ2) is 15.6. The van der Waals surface area contributed by atoms with Gasteiger partial charge in [0.25, 0.3) is 0 Å². The number of hydrogen-bond acceptors (Lipinski definition) is 9. The number of rotatable bonds is 14. The van der Waals surface area contributed by atoms with E-state index in [0.29, 0.717) is 58.9 Å². The summed E-state index contributed by atoms with van der Waals surface area (Å²) in [7, 11) is 0. The summed E-state index contributed by atoms with van der Waals surface area (Å²) in [5, 5.41) is 27.3. The fraction of sp³-hybridized carbons (Fsp3) is 0.433. The third kappa shape index (κ3) is 8.75. The molecule has 2 aliphatic heterocycles. The minimum Gasteiger partial charge on any atom is -0.507 e. The molecule has 0 radical (unpaired) electrons. The number of phenolic OH excluding ortho intramolecular Hbond substituents is 2. The maximum Gasteiger partial charge on any atom is 0.245 e. The van der Waals surface area contributed by atoms with Crippen LogP contribution in [0.2, 0.25) is 0 Å². The molecule has 2 atom stereocenters. The Kier molecular flexibility index (Phi) is 11.7. The zero-order valence-corrected chi connectivity index (χ0v) is 25.3. The zero-order chi connectivity index (χ0) is 29.9. The number of benzene rings is 2. The summed E-state index contributed by atoms with van der Waals surface area (Å²) in [5.41, 5.74) is 1.29. The SMILES string of the molecule is CC(=O)N(CCCCNC(=O)C1CSC(c2ccccc2O)=N1)CCCCNC(=O)C1CSC(c2ccccc2O)=N1. The molecule has 2 aliphatic rings. The molecule has 0 aromatic heterocycles. The Balaban J connectivity index is 1.08. The average molecular weight is 612 g/mol. The maximum atomic E-state index is 12.5. The molecule has 0 saturated carbocycles. The van der Waals surface area contributed by atoms with Crippen LogP contribution in [0.25, 0.3) is 0 Å². The van der Waals surface area contributed by atoms with Crippen LogP contribution in [0.3, 0.4) is 0 Å². The molecule has 0 fully saturated rings. The van der Waals surface area contributed by atoms with Gasteiger partial charge in [0, 0.05) is 55.7 Å². The van der Waals surface area contributed by atoms with Crippen LogP contribution in [0.4, 0.5) is 0 Å². The third-order valence-corrected chi connectivity index (χ3v) is 9.09. The highest BCUT2D eigenvalue weighted by Crippen LogP contribution is 2.29. The van der Waals surface area contributed by atoms with Crippen LogP contribution in [0, 0.1) is 0 Å². The topological polar surface area (TPSA) is 144 Å². The van der Waals surface area contributed by atoms with Gasteiger partial charge in [0.15, 0.2) is 0 Å². The van der Waals surface area contributed by atoms with Crippen molar-refractivity contribution in [1.29, 1.82) is 0 Å². The van der Waals surface area contributed by atoms with Gasteiger partial charge >= 0.3 is 0 Å². The third-order valence-electron chi connectivity index (χ3n) is 6.93. The Bertz CT molecular complexity index is 1240. The van der Waals surface area contributed by atoms with Gasteiger partial charge in [0.05, 0.1) is 0 Å². The number of hydrogen-bond donors (Lipinski definition) is 4. The summed E-state index contributed by atoms with van der Waals surface area (Å²) in [6, 6.07) is 13.0. The lowest BCUT2D eigenvalue weighted by Gasteiger charge is -2.21. The lowest BCUT2D eigenvalue weighted by molar-refractivity contribution is -0.129. The molecule has 2 aromatic rings. The number of aromatic hydroxyl groups is 2. The molecule has 0 spiro atoms. The van der Waals surface area contributed by atoms with Gasteiger partial charge in [-0.15, -0.1) is 23.5 Å². The number of carbonyl (C=O) groups is 3. The number of carbonyl (C=O) groups excluding carboxylic acids is 3. The highest BCUT2D eigenvalue weighted by atomic mass is 32.2. The Morgan fingerprint density at radius 2 is 1.19 bits per heavy atom. The van der Waals surface area contributed by atoms with Crippen LogP contribution in [0.5, 0.6) is 11.5 Å². The molecule has 2 heterocycles. The van der Waals surface area contributed by atoms with Gasteiger partial charge in [0.2, 0.25) is 17.7 Å². The van der Waals surface area contributed by atoms with Crippen molar-refractivity contribution >= 4 is 51.3 Å². The average Bonchev–Trinajstić information content (AvgIpc) is 3.67.